The highest BCUT2D eigenvalue weighted by Crippen LogP contribution is 2.38. The van der Waals surface area contributed by atoms with Crippen LogP contribution in [0.5, 0.6) is 0 Å². The smallest absolute Gasteiger partial charge is 0.321 e. The molecule has 5 heteroatoms. The van der Waals surface area contributed by atoms with Gasteiger partial charge >= 0.3 is 5.97 Å². The predicted octanol–water partition coefficient (Wildman–Crippen LogP) is 0.771. The Kier molecular flexibility index (Phi) is 3.85. The van der Waals surface area contributed by atoms with Gasteiger partial charge in [0.25, 0.3) is 0 Å². The van der Waals surface area contributed by atoms with Gasteiger partial charge < -0.3 is 15.4 Å². The van der Waals surface area contributed by atoms with Crippen molar-refractivity contribution in [2.45, 2.75) is 39.7 Å². The average Bonchev–Trinajstić information content (AvgIpc) is 2.91. The SMILES string of the molecule is CCOC(=O)C(C)(C)C(=O)N1CC2CCC(N)C2C1. The van der Waals surface area contributed by atoms with E-state index < -0.39 is 11.4 Å². The number of fused-ring (bicyclic) bond motifs is 1. The third-order valence-corrected chi connectivity index (χ3v) is 4.52. The lowest BCUT2D eigenvalue weighted by Crippen LogP contribution is -2.45. The van der Waals surface area contributed by atoms with E-state index in [0.717, 1.165) is 19.4 Å². The van der Waals surface area contributed by atoms with Crippen LogP contribution in [0.15, 0.2) is 0 Å². The minimum Gasteiger partial charge on any atom is -0.465 e. The topological polar surface area (TPSA) is 72.6 Å². The van der Waals surface area contributed by atoms with E-state index in [0.29, 0.717) is 25.0 Å². The summed E-state index contributed by atoms with van der Waals surface area (Å²) in [5.74, 6) is 0.341. The molecule has 0 aromatic rings. The summed E-state index contributed by atoms with van der Waals surface area (Å²) in [5.41, 5.74) is 4.97. The highest BCUT2D eigenvalue weighted by Gasteiger charge is 2.47. The molecule has 1 saturated heterocycles. The summed E-state index contributed by atoms with van der Waals surface area (Å²) in [5, 5.41) is 0. The third kappa shape index (κ3) is 2.48. The zero-order chi connectivity index (χ0) is 14.2. The van der Waals surface area contributed by atoms with Crippen LogP contribution in [-0.4, -0.2) is 42.5 Å². The molecule has 1 heterocycles. The number of hydrogen-bond donors (Lipinski definition) is 1. The Bertz CT molecular complexity index is 381. The van der Waals surface area contributed by atoms with Crippen molar-refractivity contribution in [2.75, 3.05) is 19.7 Å². The highest BCUT2D eigenvalue weighted by molar-refractivity contribution is 6.01. The highest BCUT2D eigenvalue weighted by atomic mass is 16.5. The lowest BCUT2D eigenvalue weighted by Gasteiger charge is -2.28. The first kappa shape index (κ1) is 14.3. The van der Waals surface area contributed by atoms with Crippen molar-refractivity contribution in [1.82, 2.24) is 4.90 Å². The molecule has 0 aromatic carbocycles. The summed E-state index contributed by atoms with van der Waals surface area (Å²) in [6.45, 7) is 6.75. The Hall–Kier alpha value is -1.10. The zero-order valence-corrected chi connectivity index (χ0v) is 12.0. The van der Waals surface area contributed by atoms with Crippen molar-refractivity contribution in [2.24, 2.45) is 23.0 Å². The summed E-state index contributed by atoms with van der Waals surface area (Å²) >= 11 is 0. The Labute approximate surface area is 114 Å². The van der Waals surface area contributed by atoms with Gasteiger partial charge in [-0.2, -0.15) is 0 Å². The second-order valence-corrected chi connectivity index (χ2v) is 6.22. The van der Waals surface area contributed by atoms with E-state index in [4.69, 9.17) is 10.5 Å². The van der Waals surface area contributed by atoms with Gasteiger partial charge in [-0.1, -0.05) is 0 Å². The maximum Gasteiger partial charge on any atom is 0.321 e. The molecule has 3 unspecified atom stereocenters. The van der Waals surface area contributed by atoms with Gasteiger partial charge in [0.2, 0.25) is 5.91 Å². The second kappa shape index (κ2) is 5.12. The monoisotopic (exact) mass is 268 g/mol. The van der Waals surface area contributed by atoms with Gasteiger partial charge in [0.05, 0.1) is 6.61 Å². The third-order valence-electron chi connectivity index (χ3n) is 4.52. The number of carbonyl (C=O) groups is 2. The van der Waals surface area contributed by atoms with E-state index in [-0.39, 0.29) is 11.9 Å². The molecule has 3 atom stereocenters. The van der Waals surface area contributed by atoms with Crippen LogP contribution in [0.4, 0.5) is 0 Å². The molecule has 2 aliphatic rings. The Morgan fingerprint density at radius 2 is 2.00 bits per heavy atom. The molecule has 108 valence electrons. The van der Waals surface area contributed by atoms with Crippen LogP contribution in [0.2, 0.25) is 0 Å². The van der Waals surface area contributed by atoms with E-state index in [1.165, 1.54) is 0 Å². The molecule has 19 heavy (non-hydrogen) atoms. The van der Waals surface area contributed by atoms with Crippen molar-refractivity contribution < 1.29 is 14.3 Å². The van der Waals surface area contributed by atoms with Crippen LogP contribution >= 0.6 is 0 Å². The maximum absolute atomic E-state index is 12.5. The van der Waals surface area contributed by atoms with Crippen molar-refractivity contribution >= 4 is 11.9 Å². The molecule has 2 fully saturated rings. The van der Waals surface area contributed by atoms with Gasteiger partial charge in [0.15, 0.2) is 0 Å². The molecule has 0 bridgehead atoms. The minimum atomic E-state index is -1.10. The fourth-order valence-electron chi connectivity index (χ4n) is 3.27. The van der Waals surface area contributed by atoms with Gasteiger partial charge in [-0.05, 0) is 45.4 Å². The van der Waals surface area contributed by atoms with Crippen LogP contribution < -0.4 is 5.73 Å². The average molecular weight is 268 g/mol. The number of likely N-dealkylation sites (tertiary alicyclic amines) is 1. The van der Waals surface area contributed by atoms with E-state index in [9.17, 15) is 9.59 Å². The second-order valence-electron chi connectivity index (χ2n) is 6.22. The van der Waals surface area contributed by atoms with Crippen molar-refractivity contribution in [3.8, 4) is 0 Å². The molecule has 2 N–H and O–H groups in total. The molecule has 5 nitrogen and oxygen atoms in total. The summed E-state index contributed by atoms with van der Waals surface area (Å²) in [6, 6.07) is 0.202. The number of amides is 1. The quantitative estimate of drug-likeness (QED) is 0.606. The summed E-state index contributed by atoms with van der Waals surface area (Å²) in [7, 11) is 0. The largest absolute Gasteiger partial charge is 0.465 e. The van der Waals surface area contributed by atoms with Gasteiger partial charge in [-0.15, -0.1) is 0 Å². The Morgan fingerprint density at radius 3 is 2.58 bits per heavy atom. The number of esters is 1. The molecule has 1 amide bonds. The molecule has 2 rings (SSSR count). The summed E-state index contributed by atoms with van der Waals surface area (Å²) < 4.78 is 4.99. The number of hydrogen-bond acceptors (Lipinski definition) is 4. The normalized spacial score (nSPS) is 30.3. The molecule has 0 aromatic heterocycles. The lowest BCUT2D eigenvalue weighted by atomic mass is 9.91. The van der Waals surface area contributed by atoms with Crippen LogP contribution in [0.25, 0.3) is 0 Å². The van der Waals surface area contributed by atoms with Gasteiger partial charge in [0, 0.05) is 19.1 Å². The number of ether oxygens (including phenoxy) is 1. The number of carbonyl (C=O) groups excluding carboxylic acids is 2. The van der Waals surface area contributed by atoms with Crippen LogP contribution in [0.3, 0.4) is 0 Å². The molecule has 0 radical (unpaired) electrons. The molecular formula is C14H24N2O3. The first-order chi connectivity index (χ1) is 8.87. The van der Waals surface area contributed by atoms with Crippen LogP contribution in [0.1, 0.15) is 33.6 Å². The lowest BCUT2D eigenvalue weighted by molar-refractivity contribution is -0.162. The fourth-order valence-corrected chi connectivity index (χ4v) is 3.27. The molecule has 1 aliphatic heterocycles. The van der Waals surface area contributed by atoms with Crippen LogP contribution in [-0.2, 0) is 14.3 Å². The standard InChI is InChI=1S/C14H24N2O3/c1-4-19-13(18)14(2,3)12(17)16-7-9-5-6-11(15)10(9)8-16/h9-11H,4-8,15H2,1-3H3. The van der Waals surface area contributed by atoms with E-state index in [1.54, 1.807) is 25.7 Å². The van der Waals surface area contributed by atoms with Crippen molar-refractivity contribution in [3.05, 3.63) is 0 Å². The first-order valence-electron chi connectivity index (χ1n) is 7.10. The molecular weight excluding hydrogens is 244 g/mol. The van der Waals surface area contributed by atoms with E-state index >= 15 is 0 Å². The minimum absolute atomic E-state index is 0.132. The van der Waals surface area contributed by atoms with Gasteiger partial charge in [0.1, 0.15) is 5.41 Å². The Morgan fingerprint density at radius 1 is 1.32 bits per heavy atom. The number of nitrogens with zero attached hydrogens (tertiary/aromatic N) is 1. The molecule has 1 saturated carbocycles. The predicted molar refractivity (Wildman–Crippen MR) is 71.2 cm³/mol. The van der Waals surface area contributed by atoms with Crippen molar-refractivity contribution in [3.63, 3.8) is 0 Å². The summed E-state index contributed by atoms with van der Waals surface area (Å²) in [6.07, 6.45) is 2.15. The van der Waals surface area contributed by atoms with Gasteiger partial charge in [-0.3, -0.25) is 9.59 Å². The summed E-state index contributed by atoms with van der Waals surface area (Å²) in [4.78, 5) is 26.2. The van der Waals surface area contributed by atoms with E-state index in [1.807, 2.05) is 0 Å². The number of rotatable bonds is 3. The number of nitrogens with two attached hydrogens (primary N) is 1. The van der Waals surface area contributed by atoms with E-state index in [2.05, 4.69) is 0 Å². The Balaban J connectivity index is 2.03. The maximum atomic E-state index is 12.5. The first-order valence-corrected chi connectivity index (χ1v) is 7.10. The van der Waals surface area contributed by atoms with Crippen LogP contribution in [0, 0.1) is 17.3 Å². The van der Waals surface area contributed by atoms with Gasteiger partial charge in [-0.25, -0.2) is 0 Å². The molecule has 1 aliphatic carbocycles. The fraction of sp³-hybridized carbons (Fsp3) is 0.857. The molecule has 0 spiro atoms. The van der Waals surface area contributed by atoms with Crippen molar-refractivity contribution in [1.29, 1.82) is 0 Å². The zero-order valence-electron chi connectivity index (χ0n) is 12.0.